The molecule has 0 saturated heterocycles. The number of aromatic nitrogens is 1. The van der Waals surface area contributed by atoms with Crippen LogP contribution in [0.1, 0.15) is 5.56 Å². The van der Waals surface area contributed by atoms with Gasteiger partial charge in [0.15, 0.2) is 5.76 Å². The van der Waals surface area contributed by atoms with E-state index in [2.05, 4.69) is 40.0 Å². The minimum Gasteiger partial charge on any atom is -0.436 e. The second kappa shape index (κ2) is 5.02. The number of halogens is 1. The Labute approximate surface area is 120 Å². The van der Waals surface area contributed by atoms with E-state index in [0.29, 0.717) is 5.89 Å². The van der Waals surface area contributed by atoms with Crippen LogP contribution in [0.15, 0.2) is 63.6 Å². The fourth-order valence-corrected chi connectivity index (χ4v) is 2.12. The minimum absolute atomic E-state index is 0.642. The molecular formula is C16H12BrNO. The van der Waals surface area contributed by atoms with Crippen molar-refractivity contribution in [1.29, 1.82) is 0 Å². The first-order valence-electron chi connectivity index (χ1n) is 6.01. The van der Waals surface area contributed by atoms with E-state index in [0.717, 1.165) is 21.4 Å². The lowest BCUT2D eigenvalue weighted by Crippen LogP contribution is -1.76. The van der Waals surface area contributed by atoms with E-state index in [-0.39, 0.29) is 0 Å². The summed E-state index contributed by atoms with van der Waals surface area (Å²) >= 11 is 3.42. The summed E-state index contributed by atoms with van der Waals surface area (Å²) in [6.45, 7) is 2.07. The standard InChI is InChI=1S/C16H12BrNO/c1-11-2-4-12(5-3-11)15-10-18-16(19-15)13-6-8-14(17)9-7-13/h2-10H,1H3. The van der Waals surface area contributed by atoms with Crippen molar-refractivity contribution in [2.24, 2.45) is 0 Å². The van der Waals surface area contributed by atoms with Crippen LogP contribution >= 0.6 is 15.9 Å². The van der Waals surface area contributed by atoms with Crippen LogP contribution in [0, 0.1) is 6.92 Å². The molecule has 2 aromatic carbocycles. The number of nitrogens with zero attached hydrogens (tertiary/aromatic N) is 1. The fourth-order valence-electron chi connectivity index (χ4n) is 1.85. The Morgan fingerprint density at radius 3 is 2.21 bits per heavy atom. The van der Waals surface area contributed by atoms with Crippen LogP contribution in [0.4, 0.5) is 0 Å². The maximum absolute atomic E-state index is 5.81. The quantitative estimate of drug-likeness (QED) is 0.659. The SMILES string of the molecule is Cc1ccc(-c2cnc(-c3ccc(Br)cc3)o2)cc1. The summed E-state index contributed by atoms with van der Waals surface area (Å²) in [4.78, 5) is 4.33. The van der Waals surface area contributed by atoms with Crippen molar-refractivity contribution < 1.29 is 4.42 Å². The maximum atomic E-state index is 5.81. The van der Waals surface area contributed by atoms with Crippen LogP contribution in [-0.2, 0) is 0 Å². The average Bonchev–Trinajstić information content (AvgIpc) is 2.90. The van der Waals surface area contributed by atoms with E-state index in [9.17, 15) is 0 Å². The van der Waals surface area contributed by atoms with E-state index < -0.39 is 0 Å². The Bertz CT molecular complexity index is 624. The van der Waals surface area contributed by atoms with Crippen molar-refractivity contribution in [2.75, 3.05) is 0 Å². The van der Waals surface area contributed by atoms with Crippen LogP contribution in [0.5, 0.6) is 0 Å². The van der Waals surface area contributed by atoms with E-state index in [1.165, 1.54) is 5.56 Å². The smallest absolute Gasteiger partial charge is 0.226 e. The number of benzene rings is 2. The fraction of sp³-hybridized carbons (Fsp3) is 0.0625. The molecule has 0 spiro atoms. The molecule has 0 aliphatic carbocycles. The van der Waals surface area contributed by atoms with Crippen LogP contribution < -0.4 is 0 Å². The van der Waals surface area contributed by atoms with Gasteiger partial charge in [0.05, 0.1) is 6.20 Å². The summed E-state index contributed by atoms with van der Waals surface area (Å²) in [6.07, 6.45) is 1.77. The van der Waals surface area contributed by atoms with Gasteiger partial charge in [0.25, 0.3) is 0 Å². The molecule has 0 aliphatic heterocycles. The van der Waals surface area contributed by atoms with Gasteiger partial charge in [-0.05, 0) is 31.2 Å². The molecule has 3 aromatic rings. The molecule has 0 N–H and O–H groups in total. The molecule has 0 atom stereocenters. The van der Waals surface area contributed by atoms with E-state index in [4.69, 9.17) is 4.42 Å². The summed E-state index contributed by atoms with van der Waals surface area (Å²) in [5.74, 6) is 1.43. The molecule has 3 heteroatoms. The van der Waals surface area contributed by atoms with Gasteiger partial charge < -0.3 is 4.42 Å². The number of hydrogen-bond acceptors (Lipinski definition) is 2. The van der Waals surface area contributed by atoms with Crippen LogP contribution in [0.25, 0.3) is 22.8 Å². The van der Waals surface area contributed by atoms with Crippen molar-refractivity contribution in [3.8, 4) is 22.8 Å². The molecule has 0 radical (unpaired) electrons. The highest BCUT2D eigenvalue weighted by atomic mass is 79.9. The summed E-state index contributed by atoms with van der Waals surface area (Å²) in [5.41, 5.74) is 3.25. The minimum atomic E-state index is 0.642. The van der Waals surface area contributed by atoms with Crippen molar-refractivity contribution in [3.05, 3.63) is 64.8 Å². The zero-order valence-electron chi connectivity index (χ0n) is 10.4. The topological polar surface area (TPSA) is 26.0 Å². The first-order valence-corrected chi connectivity index (χ1v) is 6.80. The third-order valence-electron chi connectivity index (χ3n) is 2.93. The van der Waals surface area contributed by atoms with Crippen LogP contribution in [-0.4, -0.2) is 4.98 Å². The van der Waals surface area contributed by atoms with Crippen molar-refractivity contribution in [1.82, 2.24) is 4.98 Å². The molecule has 1 heterocycles. The summed E-state index contributed by atoms with van der Waals surface area (Å²) in [6, 6.07) is 16.1. The van der Waals surface area contributed by atoms with Gasteiger partial charge in [-0.3, -0.25) is 0 Å². The summed E-state index contributed by atoms with van der Waals surface area (Å²) in [7, 11) is 0. The normalized spacial score (nSPS) is 10.6. The number of aryl methyl sites for hydroxylation is 1. The maximum Gasteiger partial charge on any atom is 0.226 e. The monoisotopic (exact) mass is 313 g/mol. The Morgan fingerprint density at radius 1 is 0.895 bits per heavy atom. The second-order valence-corrected chi connectivity index (χ2v) is 5.32. The molecule has 19 heavy (non-hydrogen) atoms. The first-order chi connectivity index (χ1) is 9.22. The lowest BCUT2D eigenvalue weighted by molar-refractivity contribution is 0.589. The molecule has 1 aromatic heterocycles. The van der Waals surface area contributed by atoms with Crippen LogP contribution in [0.3, 0.4) is 0 Å². The molecule has 0 aliphatic rings. The molecule has 0 saturated carbocycles. The third-order valence-corrected chi connectivity index (χ3v) is 3.46. The van der Waals surface area contributed by atoms with Gasteiger partial charge in [0.1, 0.15) is 0 Å². The molecule has 0 amide bonds. The number of rotatable bonds is 2. The molecule has 0 unspecified atom stereocenters. The zero-order chi connectivity index (χ0) is 13.2. The zero-order valence-corrected chi connectivity index (χ0v) is 12.0. The van der Waals surface area contributed by atoms with Crippen molar-refractivity contribution in [3.63, 3.8) is 0 Å². The van der Waals surface area contributed by atoms with Gasteiger partial charge in [-0.15, -0.1) is 0 Å². The molecule has 0 fully saturated rings. The Hall–Kier alpha value is -1.87. The Morgan fingerprint density at radius 2 is 1.53 bits per heavy atom. The van der Waals surface area contributed by atoms with Crippen molar-refractivity contribution >= 4 is 15.9 Å². The van der Waals surface area contributed by atoms with Crippen LogP contribution in [0.2, 0.25) is 0 Å². The molecule has 94 valence electrons. The summed E-state index contributed by atoms with van der Waals surface area (Å²) < 4.78 is 6.85. The third kappa shape index (κ3) is 2.61. The van der Waals surface area contributed by atoms with Gasteiger partial charge in [-0.1, -0.05) is 45.8 Å². The predicted molar refractivity (Wildman–Crippen MR) is 79.8 cm³/mol. The highest BCUT2D eigenvalue weighted by molar-refractivity contribution is 9.10. The largest absolute Gasteiger partial charge is 0.436 e. The van der Waals surface area contributed by atoms with Gasteiger partial charge >= 0.3 is 0 Å². The number of hydrogen-bond donors (Lipinski definition) is 0. The average molecular weight is 314 g/mol. The lowest BCUT2D eigenvalue weighted by atomic mass is 10.1. The first kappa shape index (κ1) is 12.2. The Balaban J connectivity index is 1.95. The Kier molecular flexibility index (Phi) is 3.22. The van der Waals surface area contributed by atoms with Gasteiger partial charge in [-0.2, -0.15) is 0 Å². The van der Waals surface area contributed by atoms with Gasteiger partial charge in [0.2, 0.25) is 5.89 Å². The number of oxazole rings is 1. The van der Waals surface area contributed by atoms with Gasteiger partial charge in [-0.25, -0.2) is 4.98 Å². The molecular weight excluding hydrogens is 302 g/mol. The van der Waals surface area contributed by atoms with E-state index in [1.807, 2.05) is 36.4 Å². The molecule has 2 nitrogen and oxygen atoms in total. The second-order valence-electron chi connectivity index (χ2n) is 4.40. The molecule has 0 bridgehead atoms. The van der Waals surface area contributed by atoms with Gasteiger partial charge in [0, 0.05) is 15.6 Å². The lowest BCUT2D eigenvalue weighted by Gasteiger charge is -1.98. The van der Waals surface area contributed by atoms with E-state index >= 15 is 0 Å². The predicted octanol–water partition coefficient (Wildman–Crippen LogP) is 5.08. The van der Waals surface area contributed by atoms with E-state index in [1.54, 1.807) is 6.20 Å². The highest BCUT2D eigenvalue weighted by Crippen LogP contribution is 2.26. The summed E-state index contributed by atoms with van der Waals surface area (Å²) in [5, 5.41) is 0. The molecule has 3 rings (SSSR count). The highest BCUT2D eigenvalue weighted by Gasteiger charge is 2.08. The van der Waals surface area contributed by atoms with Crippen molar-refractivity contribution in [2.45, 2.75) is 6.92 Å².